The highest BCUT2D eigenvalue weighted by Crippen LogP contribution is 2.58. The van der Waals surface area contributed by atoms with E-state index in [9.17, 15) is 4.79 Å². The minimum absolute atomic E-state index is 0.291. The van der Waals surface area contributed by atoms with Crippen LogP contribution in [-0.2, 0) is 0 Å². The highest BCUT2D eigenvalue weighted by atomic mass is 16.5. The molecule has 17 heavy (non-hydrogen) atoms. The minimum Gasteiger partial charge on any atom is -0.496 e. The summed E-state index contributed by atoms with van der Waals surface area (Å²) in [5, 5.41) is 0. The fraction of sp³-hybridized carbons (Fsp3) is 0.533. The van der Waals surface area contributed by atoms with Gasteiger partial charge >= 0.3 is 0 Å². The highest BCUT2D eigenvalue weighted by Gasteiger charge is 2.56. The molecule has 0 bridgehead atoms. The third kappa shape index (κ3) is 1.67. The van der Waals surface area contributed by atoms with Crippen molar-refractivity contribution in [2.75, 3.05) is 7.11 Å². The molecule has 0 amide bonds. The van der Waals surface area contributed by atoms with Crippen LogP contribution in [0.3, 0.4) is 0 Å². The highest BCUT2D eigenvalue weighted by molar-refractivity contribution is 6.02. The maximum Gasteiger partial charge on any atom is 0.170 e. The van der Waals surface area contributed by atoms with Crippen molar-refractivity contribution in [1.29, 1.82) is 0 Å². The number of hydrogen-bond acceptors (Lipinski definition) is 2. The Hall–Kier alpha value is -1.31. The standard InChI is InChI=1S/C15H18O2/c1-9-6-7-13(17-2)12(8-9)15(16)14-10-4-3-5-11(10)14/h6-8,10-11,14H,3-5H2,1-2H3. The lowest BCUT2D eigenvalue weighted by Gasteiger charge is -2.09. The second-order valence-electron chi connectivity index (χ2n) is 5.35. The molecule has 0 spiro atoms. The molecule has 2 saturated carbocycles. The van der Waals surface area contributed by atoms with Gasteiger partial charge in [0, 0.05) is 5.92 Å². The predicted molar refractivity (Wildman–Crippen MR) is 66.4 cm³/mol. The number of carbonyl (C=O) groups excluding carboxylic acids is 1. The molecular weight excluding hydrogens is 212 g/mol. The predicted octanol–water partition coefficient (Wildman–Crippen LogP) is 3.23. The molecule has 0 aliphatic heterocycles. The van der Waals surface area contributed by atoms with Crippen molar-refractivity contribution in [2.24, 2.45) is 17.8 Å². The van der Waals surface area contributed by atoms with Crippen LogP contribution in [0.5, 0.6) is 5.75 Å². The summed E-state index contributed by atoms with van der Waals surface area (Å²) in [5.74, 6) is 2.67. The molecule has 2 nitrogen and oxygen atoms in total. The smallest absolute Gasteiger partial charge is 0.170 e. The minimum atomic E-state index is 0.291. The number of Topliss-reactive ketones (excluding diaryl/α,β-unsaturated/α-hetero) is 1. The van der Waals surface area contributed by atoms with Crippen LogP contribution in [0, 0.1) is 24.7 Å². The molecule has 0 saturated heterocycles. The summed E-state index contributed by atoms with van der Waals surface area (Å²) >= 11 is 0. The Morgan fingerprint density at radius 3 is 2.65 bits per heavy atom. The maximum absolute atomic E-state index is 12.5. The Bertz CT molecular complexity index is 454. The summed E-state index contributed by atoms with van der Waals surface area (Å²) in [6.45, 7) is 2.02. The molecule has 2 heteroatoms. The van der Waals surface area contributed by atoms with Crippen molar-refractivity contribution in [3.8, 4) is 5.75 Å². The average molecular weight is 230 g/mol. The monoisotopic (exact) mass is 230 g/mol. The topological polar surface area (TPSA) is 26.3 Å². The van der Waals surface area contributed by atoms with E-state index >= 15 is 0 Å². The summed E-state index contributed by atoms with van der Waals surface area (Å²) in [7, 11) is 1.63. The van der Waals surface area contributed by atoms with Crippen LogP contribution in [0.2, 0.25) is 0 Å². The van der Waals surface area contributed by atoms with Gasteiger partial charge in [-0.25, -0.2) is 0 Å². The third-order valence-electron chi connectivity index (χ3n) is 4.33. The van der Waals surface area contributed by atoms with Crippen LogP contribution >= 0.6 is 0 Å². The Kier molecular flexibility index (Phi) is 2.46. The van der Waals surface area contributed by atoms with Gasteiger partial charge in [0.15, 0.2) is 5.78 Å². The van der Waals surface area contributed by atoms with Crippen LogP contribution < -0.4 is 4.74 Å². The lowest BCUT2D eigenvalue weighted by atomic mass is 9.99. The van der Waals surface area contributed by atoms with Gasteiger partial charge in [-0.1, -0.05) is 18.1 Å². The van der Waals surface area contributed by atoms with Crippen molar-refractivity contribution < 1.29 is 9.53 Å². The van der Waals surface area contributed by atoms with Crippen LogP contribution in [0.4, 0.5) is 0 Å². The van der Waals surface area contributed by atoms with Crippen LogP contribution in [0.15, 0.2) is 18.2 Å². The number of hydrogen-bond donors (Lipinski definition) is 0. The van der Waals surface area contributed by atoms with Crippen molar-refractivity contribution in [3.05, 3.63) is 29.3 Å². The zero-order valence-electron chi connectivity index (χ0n) is 10.4. The van der Waals surface area contributed by atoms with Crippen molar-refractivity contribution >= 4 is 5.78 Å². The van der Waals surface area contributed by atoms with Gasteiger partial charge in [-0.2, -0.15) is 0 Å². The fourth-order valence-electron chi connectivity index (χ4n) is 3.40. The second-order valence-corrected chi connectivity index (χ2v) is 5.35. The van der Waals surface area contributed by atoms with Crippen molar-refractivity contribution in [3.63, 3.8) is 0 Å². The molecule has 0 N–H and O–H groups in total. The molecule has 1 aromatic rings. The summed E-state index contributed by atoms with van der Waals surface area (Å²) in [6.07, 6.45) is 3.80. The first-order chi connectivity index (χ1) is 8.22. The molecule has 2 atom stereocenters. The SMILES string of the molecule is COc1ccc(C)cc1C(=O)C1C2CCCC21. The van der Waals surface area contributed by atoms with E-state index in [0.29, 0.717) is 23.5 Å². The molecule has 2 fully saturated rings. The Morgan fingerprint density at radius 1 is 1.29 bits per heavy atom. The van der Waals surface area contributed by atoms with Crippen molar-refractivity contribution in [1.82, 2.24) is 0 Å². The lowest BCUT2D eigenvalue weighted by Crippen LogP contribution is -2.08. The normalized spacial score (nSPS) is 29.9. The van der Waals surface area contributed by atoms with E-state index in [2.05, 4.69) is 0 Å². The Balaban J connectivity index is 1.88. The van der Waals surface area contributed by atoms with Gasteiger partial charge in [-0.3, -0.25) is 4.79 Å². The van der Waals surface area contributed by atoms with E-state index in [-0.39, 0.29) is 0 Å². The molecule has 2 unspecified atom stereocenters. The molecular formula is C15H18O2. The largest absolute Gasteiger partial charge is 0.496 e. The number of methoxy groups -OCH3 is 1. The molecule has 2 aliphatic carbocycles. The van der Waals surface area contributed by atoms with Gasteiger partial charge in [-0.15, -0.1) is 0 Å². The summed E-state index contributed by atoms with van der Waals surface area (Å²) in [4.78, 5) is 12.5. The van der Waals surface area contributed by atoms with Gasteiger partial charge in [0.2, 0.25) is 0 Å². The van der Waals surface area contributed by atoms with E-state index in [1.807, 2.05) is 25.1 Å². The van der Waals surface area contributed by atoms with E-state index < -0.39 is 0 Å². The zero-order chi connectivity index (χ0) is 12.0. The van der Waals surface area contributed by atoms with Gasteiger partial charge in [-0.05, 0) is 43.7 Å². The Labute approximate surface area is 102 Å². The number of ether oxygens (including phenoxy) is 1. The van der Waals surface area contributed by atoms with Crippen LogP contribution in [-0.4, -0.2) is 12.9 Å². The molecule has 0 heterocycles. The molecule has 90 valence electrons. The fourth-order valence-corrected chi connectivity index (χ4v) is 3.40. The Morgan fingerprint density at radius 2 is 2.00 bits per heavy atom. The first-order valence-corrected chi connectivity index (χ1v) is 6.41. The number of aryl methyl sites for hydroxylation is 1. The summed E-state index contributed by atoms with van der Waals surface area (Å²) in [5.41, 5.74) is 1.91. The molecule has 0 aromatic heterocycles. The first-order valence-electron chi connectivity index (χ1n) is 6.41. The van der Waals surface area contributed by atoms with Gasteiger partial charge < -0.3 is 4.74 Å². The summed E-state index contributed by atoms with van der Waals surface area (Å²) in [6, 6.07) is 5.86. The van der Waals surface area contributed by atoms with Crippen molar-refractivity contribution in [2.45, 2.75) is 26.2 Å². The number of fused-ring (bicyclic) bond motifs is 1. The van der Waals surface area contributed by atoms with Crippen LogP contribution in [0.1, 0.15) is 35.2 Å². The number of ketones is 1. The zero-order valence-corrected chi connectivity index (χ0v) is 10.4. The van der Waals surface area contributed by atoms with E-state index in [0.717, 1.165) is 16.9 Å². The van der Waals surface area contributed by atoms with E-state index in [4.69, 9.17) is 4.74 Å². The molecule has 2 aliphatic rings. The van der Waals surface area contributed by atoms with E-state index in [1.165, 1.54) is 19.3 Å². The number of benzene rings is 1. The van der Waals surface area contributed by atoms with E-state index in [1.54, 1.807) is 7.11 Å². The maximum atomic E-state index is 12.5. The average Bonchev–Trinajstić information content (AvgIpc) is 2.81. The van der Waals surface area contributed by atoms with Gasteiger partial charge in [0.05, 0.1) is 12.7 Å². The van der Waals surface area contributed by atoms with Gasteiger partial charge in [0.25, 0.3) is 0 Å². The second kappa shape index (κ2) is 3.86. The molecule has 1 aromatic carbocycles. The van der Waals surface area contributed by atoms with Gasteiger partial charge in [0.1, 0.15) is 5.75 Å². The number of carbonyl (C=O) groups is 1. The third-order valence-corrected chi connectivity index (χ3v) is 4.33. The van der Waals surface area contributed by atoms with Crippen LogP contribution in [0.25, 0.3) is 0 Å². The number of rotatable bonds is 3. The summed E-state index contributed by atoms with van der Waals surface area (Å²) < 4.78 is 5.30. The first kappa shape index (κ1) is 10.8. The quantitative estimate of drug-likeness (QED) is 0.745. The molecule has 0 radical (unpaired) electrons. The molecule has 3 rings (SSSR count). The lowest BCUT2D eigenvalue weighted by molar-refractivity contribution is 0.0948.